The standard InChI is InChI=1S/C12H18N8S/c1-12(2)7-19(5-6-21-12)10-15-9(18-13)16-11(17-10)20-4-3-14-8-20/h3-4,8H,5-7,13H2,1-2H3,(H,15,16,17,18). The number of thioether (sulfide) groups is 1. The van der Waals surface area contributed by atoms with E-state index in [-0.39, 0.29) is 4.75 Å². The first kappa shape index (κ1) is 14.1. The second kappa shape index (κ2) is 5.49. The van der Waals surface area contributed by atoms with Crippen molar-refractivity contribution in [2.45, 2.75) is 18.6 Å². The average molecular weight is 306 g/mol. The van der Waals surface area contributed by atoms with Gasteiger partial charge in [-0.05, 0) is 13.8 Å². The molecule has 0 aliphatic carbocycles. The molecule has 2 aromatic heterocycles. The highest BCUT2D eigenvalue weighted by Gasteiger charge is 2.29. The molecule has 3 heterocycles. The van der Waals surface area contributed by atoms with E-state index in [0.29, 0.717) is 17.8 Å². The van der Waals surface area contributed by atoms with Crippen LogP contribution in [0, 0.1) is 0 Å². The van der Waals surface area contributed by atoms with Crippen molar-refractivity contribution in [2.75, 3.05) is 29.2 Å². The van der Waals surface area contributed by atoms with Gasteiger partial charge in [0, 0.05) is 36.0 Å². The van der Waals surface area contributed by atoms with Crippen LogP contribution in [0.25, 0.3) is 5.95 Å². The molecule has 0 spiro atoms. The summed E-state index contributed by atoms with van der Waals surface area (Å²) >= 11 is 1.96. The Morgan fingerprint density at radius 2 is 2.10 bits per heavy atom. The van der Waals surface area contributed by atoms with Gasteiger partial charge in [0.25, 0.3) is 0 Å². The number of hydrogen-bond acceptors (Lipinski definition) is 8. The molecule has 3 N–H and O–H groups in total. The number of imidazole rings is 1. The average Bonchev–Trinajstić information content (AvgIpc) is 3.00. The van der Waals surface area contributed by atoms with Crippen molar-refractivity contribution in [1.29, 1.82) is 0 Å². The zero-order chi connectivity index (χ0) is 14.9. The van der Waals surface area contributed by atoms with Crippen LogP contribution in [-0.4, -0.2) is 48.1 Å². The van der Waals surface area contributed by atoms with Crippen LogP contribution in [0.5, 0.6) is 0 Å². The van der Waals surface area contributed by atoms with Gasteiger partial charge in [-0.1, -0.05) is 0 Å². The third-order valence-electron chi connectivity index (χ3n) is 3.18. The minimum atomic E-state index is 0.177. The highest BCUT2D eigenvalue weighted by molar-refractivity contribution is 8.00. The minimum Gasteiger partial charge on any atom is -0.338 e. The maximum atomic E-state index is 5.47. The van der Waals surface area contributed by atoms with Crippen LogP contribution in [0.4, 0.5) is 11.9 Å². The Kier molecular flexibility index (Phi) is 3.68. The highest BCUT2D eigenvalue weighted by atomic mass is 32.2. The zero-order valence-corrected chi connectivity index (χ0v) is 12.8. The summed E-state index contributed by atoms with van der Waals surface area (Å²) in [5.74, 6) is 8.00. The summed E-state index contributed by atoms with van der Waals surface area (Å²) in [5.41, 5.74) is 2.50. The van der Waals surface area contributed by atoms with Crippen LogP contribution < -0.4 is 16.2 Å². The third kappa shape index (κ3) is 3.08. The Balaban J connectivity index is 1.96. The van der Waals surface area contributed by atoms with Gasteiger partial charge in [-0.3, -0.25) is 9.99 Å². The summed E-state index contributed by atoms with van der Waals surface area (Å²) in [6, 6.07) is 0. The van der Waals surface area contributed by atoms with E-state index in [1.807, 2.05) is 11.8 Å². The highest BCUT2D eigenvalue weighted by Crippen LogP contribution is 2.31. The summed E-state index contributed by atoms with van der Waals surface area (Å²) in [6.45, 7) is 6.24. The Morgan fingerprint density at radius 1 is 1.29 bits per heavy atom. The van der Waals surface area contributed by atoms with E-state index in [0.717, 1.165) is 18.8 Å². The molecule has 21 heavy (non-hydrogen) atoms. The molecule has 9 heteroatoms. The van der Waals surface area contributed by atoms with E-state index in [1.165, 1.54) is 0 Å². The van der Waals surface area contributed by atoms with E-state index in [2.05, 4.69) is 44.1 Å². The molecule has 1 aliphatic rings. The number of hydrazine groups is 1. The maximum Gasteiger partial charge on any atom is 0.243 e. The Labute approximate surface area is 127 Å². The van der Waals surface area contributed by atoms with Crippen LogP contribution in [0.3, 0.4) is 0 Å². The molecule has 112 valence electrons. The normalized spacial score (nSPS) is 17.8. The zero-order valence-electron chi connectivity index (χ0n) is 12.0. The predicted octanol–water partition coefficient (Wildman–Crippen LogP) is 0.675. The Hall–Kier alpha value is -1.87. The molecule has 1 fully saturated rings. The van der Waals surface area contributed by atoms with Crippen LogP contribution in [0.2, 0.25) is 0 Å². The van der Waals surface area contributed by atoms with Gasteiger partial charge in [0.15, 0.2) is 0 Å². The molecule has 0 saturated carbocycles. The first-order valence-electron chi connectivity index (χ1n) is 6.67. The fourth-order valence-corrected chi connectivity index (χ4v) is 3.35. The van der Waals surface area contributed by atoms with Crippen molar-refractivity contribution in [2.24, 2.45) is 5.84 Å². The van der Waals surface area contributed by atoms with Crippen molar-refractivity contribution in [3.63, 3.8) is 0 Å². The first-order chi connectivity index (χ1) is 10.1. The number of nitrogen functional groups attached to an aromatic ring is 1. The Bertz CT molecular complexity index is 612. The molecular formula is C12H18N8S. The number of hydrogen-bond donors (Lipinski definition) is 2. The third-order valence-corrected chi connectivity index (χ3v) is 4.48. The van der Waals surface area contributed by atoms with Crippen LogP contribution >= 0.6 is 11.8 Å². The van der Waals surface area contributed by atoms with Crippen molar-refractivity contribution in [3.05, 3.63) is 18.7 Å². The van der Waals surface area contributed by atoms with Gasteiger partial charge < -0.3 is 4.90 Å². The summed E-state index contributed by atoms with van der Waals surface area (Å²) < 4.78 is 1.91. The van der Waals surface area contributed by atoms with E-state index in [1.54, 1.807) is 23.3 Å². The van der Waals surface area contributed by atoms with E-state index < -0.39 is 0 Å². The minimum absolute atomic E-state index is 0.177. The van der Waals surface area contributed by atoms with Gasteiger partial charge in [-0.2, -0.15) is 26.7 Å². The van der Waals surface area contributed by atoms with E-state index >= 15 is 0 Å². The molecule has 3 rings (SSSR count). The SMILES string of the molecule is CC1(C)CN(c2nc(NN)nc(-n3ccnc3)n2)CCS1. The van der Waals surface area contributed by atoms with Crippen molar-refractivity contribution in [1.82, 2.24) is 24.5 Å². The Morgan fingerprint density at radius 3 is 2.76 bits per heavy atom. The van der Waals surface area contributed by atoms with Crippen LogP contribution in [0.15, 0.2) is 18.7 Å². The number of nitrogens with two attached hydrogens (primary N) is 1. The molecule has 1 aliphatic heterocycles. The monoisotopic (exact) mass is 306 g/mol. The molecule has 0 aromatic carbocycles. The lowest BCUT2D eigenvalue weighted by atomic mass is 10.2. The van der Waals surface area contributed by atoms with E-state index in [9.17, 15) is 0 Å². The summed E-state index contributed by atoms with van der Waals surface area (Å²) in [6.07, 6.45) is 5.12. The fourth-order valence-electron chi connectivity index (χ4n) is 2.24. The molecule has 0 amide bonds. The van der Waals surface area contributed by atoms with Gasteiger partial charge >= 0.3 is 0 Å². The fraction of sp³-hybridized carbons (Fsp3) is 0.500. The van der Waals surface area contributed by atoms with Crippen LogP contribution in [-0.2, 0) is 0 Å². The predicted molar refractivity (Wildman–Crippen MR) is 83.5 cm³/mol. The molecule has 0 bridgehead atoms. The van der Waals surface area contributed by atoms with Gasteiger partial charge in [-0.25, -0.2) is 10.8 Å². The van der Waals surface area contributed by atoms with Gasteiger partial charge in [0.1, 0.15) is 6.33 Å². The first-order valence-corrected chi connectivity index (χ1v) is 7.66. The molecule has 2 aromatic rings. The lowest BCUT2D eigenvalue weighted by Crippen LogP contribution is -2.44. The number of nitrogens with zero attached hydrogens (tertiary/aromatic N) is 6. The second-order valence-electron chi connectivity index (χ2n) is 5.40. The number of rotatable bonds is 3. The molecular weight excluding hydrogens is 288 g/mol. The van der Waals surface area contributed by atoms with Crippen molar-refractivity contribution in [3.8, 4) is 5.95 Å². The smallest absolute Gasteiger partial charge is 0.243 e. The van der Waals surface area contributed by atoms with Gasteiger partial charge in [0.05, 0.1) is 0 Å². The lowest BCUT2D eigenvalue weighted by molar-refractivity contribution is 0.633. The quantitative estimate of drug-likeness (QED) is 0.631. The topological polar surface area (TPSA) is 97.8 Å². The molecule has 0 atom stereocenters. The number of aromatic nitrogens is 5. The molecule has 8 nitrogen and oxygen atoms in total. The van der Waals surface area contributed by atoms with Gasteiger partial charge in [-0.15, -0.1) is 0 Å². The lowest BCUT2D eigenvalue weighted by Gasteiger charge is -2.37. The van der Waals surface area contributed by atoms with Gasteiger partial charge in [0.2, 0.25) is 17.8 Å². The summed E-state index contributed by atoms with van der Waals surface area (Å²) in [5, 5.41) is 0. The number of anilines is 2. The van der Waals surface area contributed by atoms with Crippen molar-refractivity contribution >= 4 is 23.7 Å². The largest absolute Gasteiger partial charge is 0.338 e. The molecule has 1 saturated heterocycles. The summed E-state index contributed by atoms with van der Waals surface area (Å²) in [4.78, 5) is 19.3. The summed E-state index contributed by atoms with van der Waals surface area (Å²) in [7, 11) is 0. The van der Waals surface area contributed by atoms with Crippen molar-refractivity contribution < 1.29 is 0 Å². The molecule has 0 radical (unpaired) electrons. The van der Waals surface area contributed by atoms with E-state index in [4.69, 9.17) is 5.84 Å². The molecule has 0 unspecified atom stereocenters. The van der Waals surface area contributed by atoms with Crippen LogP contribution in [0.1, 0.15) is 13.8 Å². The maximum absolute atomic E-state index is 5.47. The number of nitrogens with one attached hydrogen (secondary N) is 1. The second-order valence-corrected chi connectivity index (χ2v) is 7.21.